The lowest BCUT2D eigenvalue weighted by atomic mass is 9.91. The zero-order valence-corrected chi connectivity index (χ0v) is 17.8. The minimum absolute atomic E-state index is 0.184. The molecule has 2 aliphatic rings. The maximum atomic E-state index is 12.4. The van der Waals surface area contributed by atoms with Crippen molar-refractivity contribution in [1.29, 1.82) is 0 Å². The van der Waals surface area contributed by atoms with Gasteiger partial charge >= 0.3 is 0 Å². The summed E-state index contributed by atoms with van der Waals surface area (Å²) in [5.41, 5.74) is 1.16. The molecule has 0 saturated carbocycles. The molecule has 6 heteroatoms. The van der Waals surface area contributed by atoms with Crippen LogP contribution in [-0.2, 0) is 16.0 Å². The number of carbonyl (C=O) groups is 2. The van der Waals surface area contributed by atoms with Gasteiger partial charge in [-0.2, -0.15) is 0 Å². The number of nitrogens with one attached hydrogen (secondary N) is 1. The first-order chi connectivity index (χ1) is 14.2. The van der Waals surface area contributed by atoms with E-state index < -0.39 is 0 Å². The molecule has 1 atom stereocenters. The van der Waals surface area contributed by atoms with Crippen LogP contribution in [0.15, 0.2) is 24.5 Å². The summed E-state index contributed by atoms with van der Waals surface area (Å²) in [5, 5.41) is 3.14. The molecule has 2 fully saturated rings. The number of aromatic nitrogens is 1. The highest BCUT2D eigenvalue weighted by atomic mass is 16.2. The minimum atomic E-state index is 0.184. The van der Waals surface area contributed by atoms with Crippen molar-refractivity contribution in [2.75, 3.05) is 32.7 Å². The van der Waals surface area contributed by atoms with Gasteiger partial charge in [0.05, 0.1) is 0 Å². The molecule has 3 rings (SSSR count). The number of nitrogens with zero attached hydrogens (tertiary/aromatic N) is 3. The second-order valence-corrected chi connectivity index (χ2v) is 8.45. The summed E-state index contributed by atoms with van der Waals surface area (Å²) in [4.78, 5) is 33.2. The standard InChI is InChI=1S/C23H36N4O2/c1-2-26-15-3-4-21(26)18-25-22(28)7-5-20-11-16-27(17-12-20)23(29)8-6-19-9-13-24-14-10-19/h9-10,13-14,20-21H,2-8,11-12,15-18H2,1H3,(H,25,28)/t21-/m1/s1. The molecule has 2 saturated heterocycles. The molecular weight excluding hydrogens is 364 g/mol. The van der Waals surface area contributed by atoms with Gasteiger partial charge in [0.1, 0.15) is 0 Å². The van der Waals surface area contributed by atoms with Crippen molar-refractivity contribution in [2.24, 2.45) is 5.92 Å². The molecule has 0 spiro atoms. The number of likely N-dealkylation sites (N-methyl/N-ethyl adjacent to an activating group) is 1. The summed E-state index contributed by atoms with van der Waals surface area (Å²) < 4.78 is 0. The van der Waals surface area contributed by atoms with Crippen LogP contribution in [0.4, 0.5) is 0 Å². The molecule has 0 radical (unpaired) electrons. The molecule has 0 bridgehead atoms. The number of rotatable bonds is 9. The topological polar surface area (TPSA) is 65.5 Å². The summed E-state index contributed by atoms with van der Waals surface area (Å²) in [7, 11) is 0. The van der Waals surface area contributed by atoms with Gasteiger partial charge in [-0.15, -0.1) is 0 Å². The van der Waals surface area contributed by atoms with E-state index in [9.17, 15) is 9.59 Å². The van der Waals surface area contributed by atoms with Crippen molar-refractivity contribution in [3.63, 3.8) is 0 Å². The highest BCUT2D eigenvalue weighted by Gasteiger charge is 2.25. The lowest BCUT2D eigenvalue weighted by Crippen LogP contribution is -2.40. The van der Waals surface area contributed by atoms with E-state index in [2.05, 4.69) is 22.1 Å². The van der Waals surface area contributed by atoms with Crippen molar-refractivity contribution < 1.29 is 9.59 Å². The number of carbonyl (C=O) groups excluding carboxylic acids is 2. The average molecular weight is 401 g/mol. The van der Waals surface area contributed by atoms with Gasteiger partial charge in [-0.3, -0.25) is 19.5 Å². The van der Waals surface area contributed by atoms with Gasteiger partial charge in [-0.1, -0.05) is 6.92 Å². The van der Waals surface area contributed by atoms with E-state index in [0.29, 0.717) is 24.8 Å². The van der Waals surface area contributed by atoms with Crippen molar-refractivity contribution in [3.05, 3.63) is 30.1 Å². The van der Waals surface area contributed by atoms with Crippen LogP contribution < -0.4 is 5.32 Å². The Morgan fingerprint density at radius 2 is 1.86 bits per heavy atom. The van der Waals surface area contributed by atoms with Crippen molar-refractivity contribution in [2.45, 2.75) is 64.3 Å². The van der Waals surface area contributed by atoms with Gasteiger partial charge in [-0.05, 0) is 75.2 Å². The molecule has 2 amide bonds. The molecule has 3 heterocycles. The highest BCUT2D eigenvalue weighted by molar-refractivity contribution is 5.76. The summed E-state index contributed by atoms with van der Waals surface area (Å²) in [5.74, 6) is 0.988. The molecule has 1 aromatic heterocycles. The largest absolute Gasteiger partial charge is 0.355 e. The average Bonchev–Trinajstić information content (AvgIpc) is 3.23. The summed E-state index contributed by atoms with van der Waals surface area (Å²) in [6.07, 6.45) is 10.9. The van der Waals surface area contributed by atoms with Crippen molar-refractivity contribution in [3.8, 4) is 0 Å². The maximum absolute atomic E-state index is 12.4. The van der Waals surface area contributed by atoms with E-state index in [-0.39, 0.29) is 11.8 Å². The van der Waals surface area contributed by atoms with Gasteiger partial charge < -0.3 is 10.2 Å². The van der Waals surface area contributed by atoms with Crippen molar-refractivity contribution in [1.82, 2.24) is 20.1 Å². The third kappa shape index (κ3) is 6.81. The predicted octanol–water partition coefficient (Wildman–Crippen LogP) is 2.63. The van der Waals surface area contributed by atoms with Gasteiger partial charge in [0.2, 0.25) is 11.8 Å². The molecule has 1 aromatic rings. The fourth-order valence-corrected chi connectivity index (χ4v) is 4.63. The minimum Gasteiger partial charge on any atom is -0.355 e. The molecule has 6 nitrogen and oxygen atoms in total. The normalized spacial score (nSPS) is 20.7. The lowest BCUT2D eigenvalue weighted by molar-refractivity contribution is -0.132. The van der Waals surface area contributed by atoms with Crippen LogP contribution in [0, 0.1) is 5.92 Å². The van der Waals surface area contributed by atoms with Crippen molar-refractivity contribution >= 4 is 11.8 Å². The Labute approximate surface area is 175 Å². The zero-order valence-electron chi connectivity index (χ0n) is 17.8. The molecule has 0 unspecified atom stereocenters. The van der Waals surface area contributed by atoms with Gasteiger partial charge in [0.15, 0.2) is 0 Å². The van der Waals surface area contributed by atoms with Crippen LogP contribution in [0.1, 0.15) is 57.4 Å². The Bertz CT molecular complexity index is 644. The molecule has 0 aliphatic carbocycles. The van der Waals surface area contributed by atoms with Crippen LogP contribution in [-0.4, -0.2) is 65.4 Å². The maximum Gasteiger partial charge on any atom is 0.222 e. The first-order valence-corrected chi connectivity index (χ1v) is 11.3. The number of hydrogen-bond acceptors (Lipinski definition) is 4. The summed E-state index contributed by atoms with van der Waals surface area (Å²) in [6.45, 7) is 6.87. The third-order valence-corrected chi connectivity index (χ3v) is 6.56. The third-order valence-electron chi connectivity index (χ3n) is 6.56. The number of pyridine rings is 1. The Kier molecular flexibility index (Phi) is 8.47. The monoisotopic (exact) mass is 400 g/mol. The first kappa shape index (κ1) is 21.8. The highest BCUT2D eigenvalue weighted by Crippen LogP contribution is 2.23. The number of likely N-dealkylation sites (tertiary alicyclic amines) is 2. The van der Waals surface area contributed by atoms with Gasteiger partial charge in [0, 0.05) is 50.9 Å². The molecule has 1 N–H and O–H groups in total. The number of aryl methyl sites for hydroxylation is 1. The van der Waals surface area contributed by atoms with E-state index in [1.165, 1.54) is 12.8 Å². The quantitative estimate of drug-likeness (QED) is 0.692. The Morgan fingerprint density at radius 3 is 2.59 bits per heavy atom. The van der Waals surface area contributed by atoms with E-state index in [4.69, 9.17) is 0 Å². The Balaban J connectivity index is 1.28. The Morgan fingerprint density at radius 1 is 1.10 bits per heavy atom. The summed E-state index contributed by atoms with van der Waals surface area (Å²) in [6, 6.07) is 4.46. The van der Waals surface area contributed by atoms with Gasteiger partial charge in [-0.25, -0.2) is 0 Å². The van der Waals surface area contributed by atoms with E-state index in [1.54, 1.807) is 12.4 Å². The van der Waals surface area contributed by atoms with Crippen LogP contribution in [0.2, 0.25) is 0 Å². The molecule has 2 aliphatic heterocycles. The molecule has 160 valence electrons. The fourth-order valence-electron chi connectivity index (χ4n) is 4.63. The SMILES string of the molecule is CCN1CCC[C@@H]1CNC(=O)CCC1CCN(C(=O)CCc2ccncc2)CC1. The second-order valence-electron chi connectivity index (χ2n) is 8.45. The molecule has 0 aromatic carbocycles. The fraction of sp³-hybridized carbons (Fsp3) is 0.696. The summed E-state index contributed by atoms with van der Waals surface area (Å²) >= 11 is 0. The van der Waals surface area contributed by atoms with Crippen LogP contribution >= 0.6 is 0 Å². The van der Waals surface area contributed by atoms with Gasteiger partial charge in [0.25, 0.3) is 0 Å². The number of piperidine rings is 1. The predicted molar refractivity (Wildman–Crippen MR) is 114 cm³/mol. The Hall–Kier alpha value is -1.95. The smallest absolute Gasteiger partial charge is 0.222 e. The molecule has 29 heavy (non-hydrogen) atoms. The zero-order chi connectivity index (χ0) is 20.5. The first-order valence-electron chi connectivity index (χ1n) is 11.3. The van der Waals surface area contributed by atoms with E-state index in [1.807, 2.05) is 17.0 Å². The second kappa shape index (κ2) is 11.3. The van der Waals surface area contributed by atoms with Crippen LogP contribution in [0.25, 0.3) is 0 Å². The lowest BCUT2D eigenvalue weighted by Gasteiger charge is -2.32. The number of hydrogen-bond donors (Lipinski definition) is 1. The molecular formula is C23H36N4O2. The van der Waals surface area contributed by atoms with Crippen LogP contribution in [0.5, 0.6) is 0 Å². The van der Waals surface area contributed by atoms with E-state index >= 15 is 0 Å². The number of amides is 2. The van der Waals surface area contributed by atoms with E-state index in [0.717, 1.165) is 64.0 Å². The van der Waals surface area contributed by atoms with Crippen LogP contribution in [0.3, 0.4) is 0 Å².